The number of aromatic nitrogens is 2. The van der Waals surface area contributed by atoms with Gasteiger partial charge in [0.2, 0.25) is 0 Å². The fraction of sp³-hybridized carbons (Fsp3) is 0.167. The number of fused-ring (bicyclic) bond motifs is 2. The van der Waals surface area contributed by atoms with E-state index in [9.17, 15) is 4.79 Å². The lowest BCUT2D eigenvalue weighted by molar-refractivity contribution is 0.0948. The highest BCUT2D eigenvalue weighted by molar-refractivity contribution is 5.95. The van der Waals surface area contributed by atoms with E-state index in [1.165, 1.54) is 0 Å². The van der Waals surface area contributed by atoms with Crippen molar-refractivity contribution in [3.8, 4) is 11.5 Å². The molecular weight excluding hydrogens is 320 g/mol. The van der Waals surface area contributed by atoms with Gasteiger partial charge in [0, 0.05) is 6.20 Å². The van der Waals surface area contributed by atoms with Gasteiger partial charge < -0.3 is 9.47 Å². The van der Waals surface area contributed by atoms with Gasteiger partial charge in [-0.25, -0.2) is 10.4 Å². The average Bonchev–Trinajstić information content (AvgIpc) is 2.97. The smallest absolute Gasteiger partial charge is 0.290 e. The molecule has 0 atom stereocenters. The van der Waals surface area contributed by atoms with E-state index in [1.807, 2.05) is 36.4 Å². The third-order valence-electron chi connectivity index (χ3n) is 3.87. The Morgan fingerprint density at radius 3 is 2.96 bits per heavy atom. The predicted octanol–water partition coefficient (Wildman–Crippen LogP) is 2.18. The van der Waals surface area contributed by atoms with Gasteiger partial charge in [0.1, 0.15) is 24.6 Å². The van der Waals surface area contributed by atoms with Crippen LogP contribution in [0.25, 0.3) is 5.65 Å². The van der Waals surface area contributed by atoms with E-state index >= 15 is 0 Å². The van der Waals surface area contributed by atoms with Crippen LogP contribution < -0.4 is 14.9 Å². The molecule has 2 aromatic heterocycles. The maximum atomic E-state index is 12.4. The fourth-order valence-corrected chi connectivity index (χ4v) is 2.75. The molecule has 0 saturated carbocycles. The molecule has 1 aromatic carbocycles. The predicted molar refractivity (Wildman–Crippen MR) is 92.4 cm³/mol. The van der Waals surface area contributed by atoms with Crippen LogP contribution in [0.1, 0.15) is 21.7 Å². The largest absolute Gasteiger partial charge is 0.486 e. The van der Waals surface area contributed by atoms with Crippen LogP contribution in [0.4, 0.5) is 0 Å². The molecule has 7 nitrogen and oxygen atoms in total. The van der Waals surface area contributed by atoms with Gasteiger partial charge in [-0.2, -0.15) is 5.10 Å². The molecule has 1 aliphatic rings. The van der Waals surface area contributed by atoms with E-state index < -0.39 is 0 Å². The normalized spacial score (nSPS) is 13.3. The second-order valence-corrected chi connectivity index (χ2v) is 5.58. The molecule has 1 aliphatic heterocycles. The lowest BCUT2D eigenvalue weighted by Gasteiger charge is -2.18. The molecule has 0 radical (unpaired) electrons. The van der Waals surface area contributed by atoms with Gasteiger partial charge in [0.05, 0.1) is 11.9 Å². The number of rotatable bonds is 3. The van der Waals surface area contributed by atoms with Crippen LogP contribution >= 0.6 is 0 Å². The van der Waals surface area contributed by atoms with Crippen LogP contribution in [0.15, 0.2) is 47.7 Å². The van der Waals surface area contributed by atoms with Crippen LogP contribution in [0.5, 0.6) is 11.5 Å². The summed E-state index contributed by atoms with van der Waals surface area (Å²) < 4.78 is 12.7. The maximum absolute atomic E-state index is 12.4. The first-order chi connectivity index (χ1) is 12.2. The highest BCUT2D eigenvalue weighted by Gasteiger charge is 2.15. The van der Waals surface area contributed by atoms with Gasteiger partial charge in [0.15, 0.2) is 11.5 Å². The van der Waals surface area contributed by atoms with Crippen molar-refractivity contribution >= 4 is 17.8 Å². The van der Waals surface area contributed by atoms with Crippen LogP contribution in [-0.2, 0) is 0 Å². The van der Waals surface area contributed by atoms with Crippen molar-refractivity contribution in [2.75, 3.05) is 13.2 Å². The SMILES string of the molecule is Cc1nc2ccccn2c1C(=O)NN=Cc1ccc2c(c1)OCCO2. The highest BCUT2D eigenvalue weighted by Crippen LogP contribution is 2.30. The number of aryl methyl sites for hydroxylation is 1. The average molecular weight is 336 g/mol. The Morgan fingerprint density at radius 2 is 2.08 bits per heavy atom. The topological polar surface area (TPSA) is 77.2 Å². The second-order valence-electron chi connectivity index (χ2n) is 5.58. The summed E-state index contributed by atoms with van der Waals surface area (Å²) in [6, 6.07) is 11.1. The van der Waals surface area contributed by atoms with Gasteiger partial charge in [-0.05, 0) is 42.8 Å². The standard InChI is InChI=1S/C18H16N4O3/c1-12-17(22-7-3-2-4-16(22)20-12)18(23)21-19-11-13-5-6-14-15(10-13)25-9-8-24-14/h2-7,10-11H,8-9H2,1H3,(H,21,23). The Balaban J connectivity index is 1.51. The number of pyridine rings is 1. The van der Waals surface area contributed by atoms with Crippen molar-refractivity contribution < 1.29 is 14.3 Å². The molecule has 0 unspecified atom stereocenters. The highest BCUT2D eigenvalue weighted by atomic mass is 16.6. The molecule has 0 spiro atoms. The molecule has 1 N–H and O–H groups in total. The number of nitrogens with one attached hydrogen (secondary N) is 1. The summed E-state index contributed by atoms with van der Waals surface area (Å²) in [6.07, 6.45) is 3.36. The van der Waals surface area contributed by atoms with Crippen LogP contribution in [0, 0.1) is 6.92 Å². The Bertz CT molecular complexity index is 978. The monoisotopic (exact) mass is 336 g/mol. The van der Waals surface area contributed by atoms with Gasteiger partial charge in [0.25, 0.3) is 5.91 Å². The van der Waals surface area contributed by atoms with Crippen molar-refractivity contribution in [1.29, 1.82) is 0 Å². The number of amides is 1. The molecule has 0 fully saturated rings. The van der Waals surface area contributed by atoms with E-state index in [-0.39, 0.29) is 5.91 Å². The molecule has 3 aromatic rings. The third-order valence-corrected chi connectivity index (χ3v) is 3.87. The summed E-state index contributed by atoms with van der Waals surface area (Å²) in [4.78, 5) is 16.8. The quantitative estimate of drug-likeness (QED) is 0.587. The number of imidazole rings is 1. The molecule has 0 saturated heterocycles. The van der Waals surface area contributed by atoms with Gasteiger partial charge >= 0.3 is 0 Å². The number of carbonyl (C=O) groups is 1. The Morgan fingerprint density at radius 1 is 1.24 bits per heavy atom. The fourth-order valence-electron chi connectivity index (χ4n) is 2.75. The number of nitrogens with zero attached hydrogens (tertiary/aromatic N) is 3. The number of carbonyl (C=O) groups excluding carboxylic acids is 1. The zero-order chi connectivity index (χ0) is 17.2. The minimum absolute atomic E-state index is 0.315. The summed E-state index contributed by atoms with van der Waals surface area (Å²) in [5.41, 5.74) is 5.19. The molecule has 126 valence electrons. The number of hydrogen-bond donors (Lipinski definition) is 1. The lowest BCUT2D eigenvalue weighted by Crippen LogP contribution is -2.20. The van der Waals surface area contributed by atoms with E-state index in [0.717, 1.165) is 11.2 Å². The lowest BCUT2D eigenvalue weighted by atomic mass is 10.2. The first-order valence-electron chi connectivity index (χ1n) is 7.89. The van der Waals surface area contributed by atoms with Gasteiger partial charge in [-0.3, -0.25) is 9.20 Å². The number of ether oxygens (including phenoxy) is 2. The second kappa shape index (κ2) is 6.27. The van der Waals surface area contributed by atoms with E-state index in [1.54, 1.807) is 23.7 Å². The molecule has 7 heteroatoms. The zero-order valence-electron chi connectivity index (χ0n) is 13.6. The maximum Gasteiger partial charge on any atom is 0.290 e. The molecular formula is C18H16N4O3. The van der Waals surface area contributed by atoms with Crippen molar-refractivity contribution in [2.24, 2.45) is 5.10 Å². The Hall–Kier alpha value is -3.35. The summed E-state index contributed by atoms with van der Waals surface area (Å²) in [6.45, 7) is 2.87. The molecule has 0 bridgehead atoms. The van der Waals surface area contributed by atoms with E-state index in [4.69, 9.17) is 9.47 Å². The Kier molecular flexibility index (Phi) is 3.81. The Labute approximate surface area is 143 Å². The van der Waals surface area contributed by atoms with Crippen molar-refractivity contribution in [2.45, 2.75) is 6.92 Å². The third kappa shape index (κ3) is 2.91. The van der Waals surface area contributed by atoms with Crippen molar-refractivity contribution in [3.05, 3.63) is 59.5 Å². The van der Waals surface area contributed by atoms with Gasteiger partial charge in [-0.15, -0.1) is 0 Å². The minimum atomic E-state index is -0.315. The molecule has 0 aliphatic carbocycles. The van der Waals surface area contributed by atoms with E-state index in [2.05, 4.69) is 15.5 Å². The van der Waals surface area contributed by atoms with Crippen LogP contribution in [-0.4, -0.2) is 34.7 Å². The van der Waals surface area contributed by atoms with Crippen LogP contribution in [0.3, 0.4) is 0 Å². The summed E-state index contributed by atoms with van der Waals surface area (Å²) in [7, 11) is 0. The molecule has 1 amide bonds. The molecule has 3 heterocycles. The minimum Gasteiger partial charge on any atom is -0.486 e. The van der Waals surface area contributed by atoms with Crippen LogP contribution in [0.2, 0.25) is 0 Å². The summed E-state index contributed by atoms with van der Waals surface area (Å²) in [5, 5.41) is 4.03. The van der Waals surface area contributed by atoms with E-state index in [0.29, 0.717) is 36.1 Å². The molecule has 25 heavy (non-hydrogen) atoms. The van der Waals surface area contributed by atoms with Crippen molar-refractivity contribution in [1.82, 2.24) is 14.8 Å². The van der Waals surface area contributed by atoms with Crippen molar-refractivity contribution in [3.63, 3.8) is 0 Å². The number of hydrogen-bond acceptors (Lipinski definition) is 5. The van der Waals surface area contributed by atoms with Gasteiger partial charge in [-0.1, -0.05) is 6.07 Å². The molecule has 4 rings (SSSR count). The number of hydrazone groups is 1. The first kappa shape index (κ1) is 15.2. The summed E-state index contributed by atoms with van der Waals surface area (Å²) >= 11 is 0. The number of benzene rings is 1. The summed E-state index contributed by atoms with van der Waals surface area (Å²) in [5.74, 6) is 1.08. The zero-order valence-corrected chi connectivity index (χ0v) is 13.6. The first-order valence-corrected chi connectivity index (χ1v) is 7.89.